The first-order valence-corrected chi connectivity index (χ1v) is 5.86. The quantitative estimate of drug-likeness (QED) is 0.780. The molecule has 0 spiro atoms. The van der Waals surface area contributed by atoms with E-state index in [2.05, 4.69) is 17.2 Å². The van der Waals surface area contributed by atoms with Crippen molar-refractivity contribution < 1.29 is 23.4 Å². The molecule has 2 heterocycles. The van der Waals surface area contributed by atoms with Crippen LogP contribution in [0.25, 0.3) is 0 Å². The summed E-state index contributed by atoms with van der Waals surface area (Å²) in [6.07, 6.45) is -2.01. The zero-order chi connectivity index (χ0) is 14.0. The van der Waals surface area contributed by atoms with Gasteiger partial charge in [-0.3, -0.25) is 0 Å². The Hall–Kier alpha value is -1.44. The number of halogens is 1. The number of amides is 2. The largest absolute Gasteiger partial charge is 0.382 e. The van der Waals surface area contributed by atoms with Crippen molar-refractivity contribution in [3.63, 3.8) is 0 Å². The van der Waals surface area contributed by atoms with E-state index in [0.29, 0.717) is 11.3 Å². The summed E-state index contributed by atoms with van der Waals surface area (Å²) in [6.45, 7) is 3.92. The average molecular weight is 272 g/mol. The van der Waals surface area contributed by atoms with Crippen LogP contribution < -0.4 is 10.6 Å². The van der Waals surface area contributed by atoms with E-state index in [1.807, 2.05) is 0 Å². The van der Waals surface area contributed by atoms with Crippen LogP contribution in [0.4, 0.5) is 9.18 Å². The molecule has 0 saturated carbocycles. The maximum atomic E-state index is 14.4. The van der Waals surface area contributed by atoms with Gasteiger partial charge in [-0.1, -0.05) is 6.58 Å². The molecule has 6 nitrogen and oxygen atoms in total. The van der Waals surface area contributed by atoms with Crippen molar-refractivity contribution in [1.82, 2.24) is 10.6 Å². The van der Waals surface area contributed by atoms with Gasteiger partial charge >= 0.3 is 6.03 Å². The molecule has 4 atom stereocenters. The van der Waals surface area contributed by atoms with Crippen molar-refractivity contribution in [3.8, 4) is 0 Å². The van der Waals surface area contributed by atoms with E-state index in [1.165, 1.54) is 20.4 Å². The minimum absolute atomic E-state index is 0.231. The number of hydrogen-bond acceptors (Lipinski definition) is 4. The van der Waals surface area contributed by atoms with Gasteiger partial charge in [-0.2, -0.15) is 0 Å². The number of ether oxygens (including phenoxy) is 3. The van der Waals surface area contributed by atoms with E-state index in [0.717, 1.165) is 0 Å². The first-order valence-electron chi connectivity index (χ1n) is 5.86. The number of carbonyl (C=O) groups is 1. The molecule has 0 aromatic rings. The average Bonchev–Trinajstić information content (AvgIpc) is 2.66. The van der Waals surface area contributed by atoms with Crippen LogP contribution in [-0.4, -0.2) is 51.3 Å². The molecule has 2 amide bonds. The fourth-order valence-electron chi connectivity index (χ4n) is 2.27. The third-order valence-corrected chi connectivity index (χ3v) is 3.17. The minimum Gasteiger partial charge on any atom is -0.382 e. The summed E-state index contributed by atoms with van der Waals surface area (Å²) in [5, 5.41) is 4.92. The third-order valence-electron chi connectivity index (χ3n) is 3.17. The van der Waals surface area contributed by atoms with Crippen molar-refractivity contribution in [1.29, 1.82) is 0 Å². The second-order valence-electron chi connectivity index (χ2n) is 4.37. The van der Waals surface area contributed by atoms with Crippen LogP contribution in [-0.2, 0) is 14.2 Å². The summed E-state index contributed by atoms with van der Waals surface area (Å²) in [4.78, 5) is 11.1. The Morgan fingerprint density at radius 2 is 2.26 bits per heavy atom. The van der Waals surface area contributed by atoms with Gasteiger partial charge in [-0.15, -0.1) is 0 Å². The molecule has 19 heavy (non-hydrogen) atoms. The van der Waals surface area contributed by atoms with Crippen LogP contribution in [0.3, 0.4) is 0 Å². The maximum absolute atomic E-state index is 14.4. The van der Waals surface area contributed by atoms with Crippen molar-refractivity contribution in [2.75, 3.05) is 20.8 Å². The van der Waals surface area contributed by atoms with E-state index in [9.17, 15) is 9.18 Å². The van der Waals surface area contributed by atoms with E-state index in [1.54, 1.807) is 0 Å². The topological polar surface area (TPSA) is 68.8 Å². The van der Waals surface area contributed by atoms with Crippen molar-refractivity contribution in [3.05, 3.63) is 24.0 Å². The van der Waals surface area contributed by atoms with Gasteiger partial charge in [0.15, 0.2) is 6.17 Å². The van der Waals surface area contributed by atoms with E-state index in [4.69, 9.17) is 14.2 Å². The summed E-state index contributed by atoms with van der Waals surface area (Å²) >= 11 is 0. The maximum Gasteiger partial charge on any atom is 0.323 e. The van der Waals surface area contributed by atoms with Crippen molar-refractivity contribution in [2.24, 2.45) is 0 Å². The molecule has 0 aromatic carbocycles. The number of rotatable bonds is 4. The molecule has 2 unspecified atom stereocenters. The number of methoxy groups -OCH3 is 2. The van der Waals surface area contributed by atoms with Gasteiger partial charge in [-0.05, 0) is 0 Å². The second-order valence-corrected chi connectivity index (χ2v) is 4.37. The van der Waals surface area contributed by atoms with Gasteiger partial charge in [0.25, 0.3) is 0 Å². The van der Waals surface area contributed by atoms with Gasteiger partial charge in [0.1, 0.15) is 18.3 Å². The van der Waals surface area contributed by atoms with E-state index < -0.39 is 30.5 Å². The SMILES string of the molecule is C=C1NC(=O)NC=C1[C@@H]1OC(COC)[C@@H](OC)C1F. The Morgan fingerprint density at radius 1 is 1.53 bits per heavy atom. The lowest BCUT2D eigenvalue weighted by Gasteiger charge is -2.23. The third kappa shape index (κ3) is 2.63. The highest BCUT2D eigenvalue weighted by atomic mass is 19.1. The van der Waals surface area contributed by atoms with Gasteiger partial charge in [-0.25, -0.2) is 9.18 Å². The Balaban J connectivity index is 2.17. The van der Waals surface area contributed by atoms with Gasteiger partial charge in [0.05, 0.1) is 6.61 Å². The Bertz CT molecular complexity index is 413. The van der Waals surface area contributed by atoms with Crippen molar-refractivity contribution >= 4 is 6.03 Å². The molecule has 1 fully saturated rings. The Kier molecular flexibility index (Phi) is 4.18. The molecular formula is C12H17FN2O4. The predicted octanol–water partition coefficient (Wildman–Crippen LogP) is 0.464. The smallest absolute Gasteiger partial charge is 0.323 e. The first kappa shape index (κ1) is 14.0. The highest BCUT2D eigenvalue weighted by Gasteiger charge is 2.47. The van der Waals surface area contributed by atoms with Crippen LogP contribution in [0, 0.1) is 0 Å². The molecular weight excluding hydrogens is 255 g/mol. The Labute approximate surface area is 110 Å². The molecule has 7 heteroatoms. The summed E-state index contributed by atoms with van der Waals surface area (Å²) in [6, 6.07) is -0.404. The number of hydrogen-bond donors (Lipinski definition) is 2. The van der Waals surface area contributed by atoms with E-state index >= 15 is 0 Å². The standard InChI is InChI=1S/C12H17FN2O4/c1-6-7(4-14-12(16)15-6)10-9(13)11(18-3)8(19-10)5-17-2/h4,8-11H,1,5H2,2-3H3,(H2,14,15,16)/t8?,9?,10-,11+/m0/s1. The second kappa shape index (κ2) is 5.68. The van der Waals surface area contributed by atoms with Crippen LogP contribution in [0.1, 0.15) is 0 Å². The summed E-state index contributed by atoms with van der Waals surface area (Å²) in [5.74, 6) is 0. The fourth-order valence-corrected chi connectivity index (χ4v) is 2.27. The van der Waals surface area contributed by atoms with Gasteiger partial charge < -0.3 is 24.8 Å². The summed E-state index contributed by atoms with van der Waals surface area (Å²) in [7, 11) is 2.94. The number of nitrogens with one attached hydrogen (secondary N) is 2. The number of carbonyl (C=O) groups excluding carboxylic acids is 1. The summed E-state index contributed by atoms with van der Waals surface area (Å²) in [5.41, 5.74) is 0.789. The normalized spacial score (nSPS) is 34.8. The molecule has 2 aliphatic heterocycles. The molecule has 0 aromatic heterocycles. The molecule has 2 aliphatic rings. The zero-order valence-corrected chi connectivity index (χ0v) is 10.8. The van der Waals surface area contributed by atoms with Crippen LogP contribution >= 0.6 is 0 Å². The fraction of sp³-hybridized carbons (Fsp3) is 0.583. The van der Waals surface area contributed by atoms with Gasteiger partial charge in [0, 0.05) is 31.7 Å². The Morgan fingerprint density at radius 3 is 2.84 bits per heavy atom. The van der Waals surface area contributed by atoms with Crippen LogP contribution in [0.5, 0.6) is 0 Å². The minimum atomic E-state index is -1.36. The molecule has 2 rings (SSSR count). The van der Waals surface area contributed by atoms with E-state index in [-0.39, 0.29) is 6.61 Å². The first-order chi connectivity index (χ1) is 9.08. The lowest BCUT2D eigenvalue weighted by molar-refractivity contribution is -0.0393. The molecule has 0 radical (unpaired) electrons. The number of urea groups is 1. The molecule has 1 saturated heterocycles. The summed E-state index contributed by atoms with van der Waals surface area (Å²) < 4.78 is 30.1. The zero-order valence-electron chi connectivity index (χ0n) is 10.8. The molecule has 0 bridgehead atoms. The highest BCUT2D eigenvalue weighted by Crippen LogP contribution is 2.33. The molecule has 106 valence electrons. The lowest BCUT2D eigenvalue weighted by Crippen LogP contribution is -2.41. The lowest BCUT2D eigenvalue weighted by atomic mass is 10.0. The molecule has 2 N–H and O–H groups in total. The molecule has 0 aliphatic carbocycles. The predicted molar refractivity (Wildman–Crippen MR) is 65.1 cm³/mol. The number of alkyl halides is 1. The van der Waals surface area contributed by atoms with Gasteiger partial charge in [0.2, 0.25) is 0 Å². The van der Waals surface area contributed by atoms with Crippen molar-refractivity contribution in [2.45, 2.75) is 24.5 Å². The van der Waals surface area contributed by atoms with Crippen LogP contribution in [0.15, 0.2) is 24.0 Å². The monoisotopic (exact) mass is 272 g/mol. The highest BCUT2D eigenvalue weighted by molar-refractivity contribution is 5.80. The van der Waals surface area contributed by atoms with Crippen LogP contribution in [0.2, 0.25) is 0 Å².